The number of piperidine rings is 1. The van der Waals surface area contributed by atoms with Crippen LogP contribution in [0.2, 0.25) is 0 Å². The smallest absolute Gasteiger partial charge is 0.337 e. The minimum atomic E-state index is -1.09. The molecule has 2 aromatic carbocycles. The number of ether oxygens (including phenoxy) is 2. The van der Waals surface area contributed by atoms with Gasteiger partial charge in [-0.3, -0.25) is 14.6 Å². The molecule has 1 saturated carbocycles. The van der Waals surface area contributed by atoms with Gasteiger partial charge in [-0.25, -0.2) is 4.79 Å². The fourth-order valence-electron chi connectivity index (χ4n) is 6.65. The van der Waals surface area contributed by atoms with E-state index in [1.54, 1.807) is 37.6 Å². The molecule has 1 saturated heterocycles. The Balaban J connectivity index is 1.34. The first-order chi connectivity index (χ1) is 20.3. The van der Waals surface area contributed by atoms with E-state index in [1.165, 1.54) is 12.3 Å². The molecule has 1 spiro atoms. The number of aryl methyl sites for hydroxylation is 1. The van der Waals surface area contributed by atoms with E-state index in [4.69, 9.17) is 9.47 Å². The molecule has 1 atom stereocenters. The molecule has 0 bridgehead atoms. The van der Waals surface area contributed by atoms with Crippen molar-refractivity contribution in [3.63, 3.8) is 0 Å². The number of ketones is 2. The number of nitrogens with zero attached hydrogens (tertiary/aromatic N) is 2. The highest BCUT2D eigenvalue weighted by molar-refractivity contribution is 6.19. The van der Waals surface area contributed by atoms with Gasteiger partial charge in [-0.05, 0) is 74.3 Å². The lowest BCUT2D eigenvalue weighted by atomic mass is 9.70. The highest BCUT2D eigenvalue weighted by Crippen LogP contribution is 2.46. The third-order valence-electron chi connectivity index (χ3n) is 8.91. The minimum Gasteiger partial charge on any atom is -0.496 e. The number of benzene rings is 2. The summed E-state index contributed by atoms with van der Waals surface area (Å²) in [5.74, 6) is -1.66. The Hall–Kier alpha value is -4.50. The van der Waals surface area contributed by atoms with E-state index >= 15 is 0 Å². The Morgan fingerprint density at radius 2 is 1.86 bits per heavy atom. The molecule has 42 heavy (non-hydrogen) atoms. The van der Waals surface area contributed by atoms with Crippen molar-refractivity contribution < 1.29 is 29.0 Å². The van der Waals surface area contributed by atoms with Gasteiger partial charge in [0.1, 0.15) is 23.0 Å². The molecule has 2 aromatic heterocycles. The number of rotatable bonds is 6. The first-order valence-electron chi connectivity index (χ1n) is 14.3. The van der Waals surface area contributed by atoms with Gasteiger partial charge in [0.2, 0.25) is 0 Å². The lowest BCUT2D eigenvalue weighted by Crippen LogP contribution is -2.58. The van der Waals surface area contributed by atoms with E-state index in [0.717, 1.165) is 29.3 Å². The molecule has 9 nitrogen and oxygen atoms in total. The third kappa shape index (κ3) is 4.18. The second kappa shape index (κ2) is 9.80. The molecular formula is C33H31N3O6. The van der Waals surface area contributed by atoms with E-state index in [2.05, 4.69) is 21.1 Å². The normalized spacial score (nSPS) is 19.4. The van der Waals surface area contributed by atoms with Gasteiger partial charge in [-0.2, -0.15) is 0 Å². The largest absolute Gasteiger partial charge is 0.496 e. The van der Waals surface area contributed by atoms with Gasteiger partial charge in [-0.15, -0.1) is 0 Å². The number of nitrogens with one attached hydrogen (secondary N) is 1. The van der Waals surface area contributed by atoms with Crippen LogP contribution in [0.4, 0.5) is 0 Å². The Labute approximate surface area is 242 Å². The van der Waals surface area contributed by atoms with E-state index in [1.807, 2.05) is 13.0 Å². The van der Waals surface area contributed by atoms with Crippen LogP contribution < -0.4 is 14.8 Å². The number of carboxylic acids is 1. The summed E-state index contributed by atoms with van der Waals surface area (Å²) in [5, 5.41) is 13.7. The fourth-order valence-corrected chi connectivity index (χ4v) is 6.65. The summed E-state index contributed by atoms with van der Waals surface area (Å²) >= 11 is 0. The lowest BCUT2D eigenvalue weighted by Gasteiger charge is -2.45. The quantitative estimate of drug-likeness (QED) is 0.240. The van der Waals surface area contributed by atoms with Crippen molar-refractivity contribution in [2.45, 2.75) is 44.2 Å². The molecular weight excluding hydrogens is 534 g/mol. The van der Waals surface area contributed by atoms with E-state index in [-0.39, 0.29) is 17.1 Å². The molecule has 1 aliphatic carbocycles. The van der Waals surface area contributed by atoms with Crippen LogP contribution >= 0.6 is 0 Å². The number of aromatic carboxylic acids is 1. The van der Waals surface area contributed by atoms with Crippen molar-refractivity contribution in [2.75, 3.05) is 20.2 Å². The molecule has 2 aliphatic heterocycles. The Morgan fingerprint density at radius 3 is 2.57 bits per heavy atom. The number of hydrogen-bond acceptors (Lipinski definition) is 7. The maximum Gasteiger partial charge on any atom is 0.337 e. The first kappa shape index (κ1) is 26.4. The highest BCUT2D eigenvalue weighted by Gasteiger charge is 2.54. The van der Waals surface area contributed by atoms with Gasteiger partial charge in [0.05, 0.1) is 23.8 Å². The number of hydrogen-bond donors (Lipinski definition) is 2. The summed E-state index contributed by atoms with van der Waals surface area (Å²) in [6, 6.07) is 10.8. The van der Waals surface area contributed by atoms with E-state index in [9.17, 15) is 19.5 Å². The minimum absolute atomic E-state index is 0.0463. The van der Waals surface area contributed by atoms with Gasteiger partial charge < -0.3 is 24.5 Å². The molecule has 9 heteroatoms. The molecule has 4 heterocycles. The van der Waals surface area contributed by atoms with Crippen LogP contribution in [0.5, 0.6) is 11.5 Å². The van der Waals surface area contributed by atoms with Crippen molar-refractivity contribution in [2.24, 2.45) is 5.92 Å². The van der Waals surface area contributed by atoms with Gasteiger partial charge in [0, 0.05) is 54.0 Å². The number of pyridine rings is 1. The summed E-state index contributed by atoms with van der Waals surface area (Å²) < 4.78 is 14.6. The number of carboxylic acid groups (broad SMARTS) is 1. The maximum atomic E-state index is 14.5. The topological polar surface area (TPSA) is 120 Å². The summed E-state index contributed by atoms with van der Waals surface area (Å²) in [6.45, 7) is 3.30. The van der Waals surface area contributed by atoms with Crippen molar-refractivity contribution in [1.82, 2.24) is 14.9 Å². The molecule has 0 amide bonds. The second-order valence-corrected chi connectivity index (χ2v) is 11.6. The number of methoxy groups -OCH3 is 1. The Kier molecular flexibility index (Phi) is 6.16. The van der Waals surface area contributed by atoms with Crippen molar-refractivity contribution >= 4 is 28.4 Å². The van der Waals surface area contributed by atoms with Crippen LogP contribution in [0.1, 0.15) is 68.4 Å². The zero-order chi connectivity index (χ0) is 29.2. The first-order valence-corrected chi connectivity index (χ1v) is 14.3. The number of carbonyl (C=O) groups is 3. The summed E-state index contributed by atoms with van der Waals surface area (Å²) in [6.07, 6.45) is 8.17. The molecule has 2 N–H and O–H groups in total. The molecule has 2 fully saturated rings. The molecule has 4 aromatic rings. The highest BCUT2D eigenvalue weighted by atomic mass is 16.5. The average molecular weight is 566 g/mol. The second-order valence-electron chi connectivity index (χ2n) is 11.6. The van der Waals surface area contributed by atoms with Crippen LogP contribution in [-0.2, 0) is 0 Å². The van der Waals surface area contributed by atoms with Gasteiger partial charge in [0.15, 0.2) is 11.6 Å². The standard InChI is InChI=1S/C33H31N3O6/c1-18-17-36(23-4-5-23)25-13-20(14-27(41-2)28(18)25)30(37)29-31(38)24-12-19(21-11-22(32(39)40)16-35-15-21)3-6-26(24)42-33(29)7-9-34-10-8-33/h3,6,11-17,23,29,34H,4-5,7-10H2,1-2H3,(H,39,40)/t29-/m1/s1. The number of fused-ring (bicyclic) bond motifs is 2. The van der Waals surface area contributed by atoms with Crippen LogP contribution in [0, 0.1) is 12.8 Å². The lowest BCUT2D eigenvalue weighted by molar-refractivity contribution is -0.0138. The summed E-state index contributed by atoms with van der Waals surface area (Å²) in [5.41, 5.74) is 3.01. The van der Waals surface area contributed by atoms with Crippen LogP contribution in [0.25, 0.3) is 22.0 Å². The van der Waals surface area contributed by atoms with Crippen LogP contribution in [0.3, 0.4) is 0 Å². The summed E-state index contributed by atoms with van der Waals surface area (Å²) in [4.78, 5) is 44.5. The van der Waals surface area contributed by atoms with Gasteiger partial charge >= 0.3 is 5.97 Å². The molecule has 3 aliphatic rings. The molecule has 214 valence electrons. The van der Waals surface area contributed by atoms with Gasteiger partial charge in [0.25, 0.3) is 0 Å². The Bertz CT molecular complexity index is 1780. The number of aromatic nitrogens is 2. The van der Waals surface area contributed by atoms with Crippen molar-refractivity contribution in [3.8, 4) is 22.6 Å². The molecule has 0 unspecified atom stereocenters. The monoisotopic (exact) mass is 565 g/mol. The van der Waals surface area contributed by atoms with Gasteiger partial charge in [-0.1, -0.05) is 6.07 Å². The van der Waals surface area contributed by atoms with Crippen LogP contribution in [0.15, 0.2) is 55.0 Å². The summed E-state index contributed by atoms with van der Waals surface area (Å²) in [7, 11) is 1.60. The zero-order valence-electron chi connectivity index (χ0n) is 23.5. The predicted molar refractivity (Wildman–Crippen MR) is 156 cm³/mol. The van der Waals surface area contributed by atoms with Crippen molar-refractivity contribution in [1.29, 1.82) is 0 Å². The maximum absolute atomic E-state index is 14.5. The number of Topliss-reactive ketones (excluding diaryl/α,β-unsaturated/α-hetero) is 2. The SMILES string of the molecule is COc1cc(C(=O)[C@@H]2C(=O)c3cc(-c4cncc(C(=O)O)c4)ccc3OC23CCNCC3)cc2c1c(C)cn2C1CC1. The average Bonchev–Trinajstić information content (AvgIpc) is 3.79. The molecule has 7 rings (SSSR count). The third-order valence-corrected chi connectivity index (χ3v) is 8.91. The number of carbonyl (C=O) groups excluding carboxylic acids is 2. The van der Waals surface area contributed by atoms with E-state index < -0.39 is 17.5 Å². The van der Waals surface area contributed by atoms with E-state index in [0.29, 0.717) is 65.7 Å². The Morgan fingerprint density at radius 1 is 1.07 bits per heavy atom. The fraction of sp³-hybridized carbons (Fsp3) is 0.333. The van der Waals surface area contributed by atoms with Crippen LogP contribution in [-0.4, -0.2) is 58.0 Å². The predicted octanol–water partition coefficient (Wildman–Crippen LogP) is 5.25. The molecule has 0 radical (unpaired) electrons. The zero-order valence-corrected chi connectivity index (χ0v) is 23.5. The van der Waals surface area contributed by atoms with Crippen molar-refractivity contribution in [3.05, 3.63) is 77.2 Å².